The summed E-state index contributed by atoms with van der Waals surface area (Å²) >= 11 is 0.898. The van der Waals surface area contributed by atoms with Crippen LogP contribution in [-0.2, 0) is 23.5 Å². The Morgan fingerprint density at radius 1 is 1.52 bits per heavy atom. The summed E-state index contributed by atoms with van der Waals surface area (Å²) in [6.45, 7) is 1.67. The number of aromatic carboxylic acids is 1. The molecule has 0 amide bonds. The van der Waals surface area contributed by atoms with Gasteiger partial charge in [0.05, 0.1) is 0 Å². The van der Waals surface area contributed by atoms with Crippen LogP contribution in [0.2, 0.25) is 0 Å². The van der Waals surface area contributed by atoms with Gasteiger partial charge in [-0.3, -0.25) is 4.68 Å². The van der Waals surface area contributed by atoms with Crippen molar-refractivity contribution < 1.29 is 18.3 Å². The normalized spacial score (nSPS) is 11.7. The Balaban J connectivity index is 2.12. The standard InChI is InChI=1S/C11H14N4O4S2/c1-7-5-20-9(11(16)17)10(7)21(18,19)13-4-3-8-12-6-15(2)14-8/h5-6,13H,3-4H2,1-2H3,(H,16,17). The molecule has 2 heterocycles. The van der Waals surface area contributed by atoms with Crippen LogP contribution in [0.4, 0.5) is 0 Å². The Hall–Kier alpha value is -1.78. The molecule has 0 aliphatic rings. The predicted octanol–water partition coefficient (Wildman–Crippen LogP) is 0.404. The SMILES string of the molecule is Cc1csc(C(=O)O)c1S(=O)(=O)NCCc1ncn(C)n1. The van der Waals surface area contributed by atoms with E-state index in [2.05, 4.69) is 14.8 Å². The van der Waals surface area contributed by atoms with Crippen molar-refractivity contribution in [3.63, 3.8) is 0 Å². The highest BCUT2D eigenvalue weighted by atomic mass is 32.2. The van der Waals surface area contributed by atoms with Crippen LogP contribution in [0.1, 0.15) is 21.1 Å². The fraction of sp³-hybridized carbons (Fsp3) is 0.364. The van der Waals surface area contributed by atoms with E-state index in [-0.39, 0.29) is 16.3 Å². The monoisotopic (exact) mass is 330 g/mol. The summed E-state index contributed by atoms with van der Waals surface area (Å²) in [5.74, 6) is -0.736. The minimum Gasteiger partial charge on any atom is -0.477 e. The third kappa shape index (κ3) is 3.46. The molecule has 114 valence electrons. The first kappa shape index (κ1) is 15.6. The lowest BCUT2D eigenvalue weighted by atomic mass is 10.3. The third-order valence-corrected chi connectivity index (χ3v) is 5.53. The minimum atomic E-state index is -3.87. The average Bonchev–Trinajstić information content (AvgIpc) is 2.95. The van der Waals surface area contributed by atoms with Gasteiger partial charge in [0.2, 0.25) is 10.0 Å². The van der Waals surface area contributed by atoms with Gasteiger partial charge in [0, 0.05) is 20.0 Å². The molecule has 2 aromatic rings. The summed E-state index contributed by atoms with van der Waals surface area (Å²) in [4.78, 5) is 14.7. The molecule has 0 aliphatic heterocycles. The zero-order valence-electron chi connectivity index (χ0n) is 11.4. The maximum absolute atomic E-state index is 12.2. The summed E-state index contributed by atoms with van der Waals surface area (Å²) in [6, 6.07) is 0. The van der Waals surface area contributed by atoms with Crippen LogP contribution in [0, 0.1) is 6.92 Å². The number of aryl methyl sites for hydroxylation is 2. The molecule has 2 N–H and O–H groups in total. The van der Waals surface area contributed by atoms with E-state index in [1.807, 2.05) is 0 Å². The first-order valence-corrected chi connectivity index (χ1v) is 8.33. The Morgan fingerprint density at radius 3 is 2.81 bits per heavy atom. The zero-order chi connectivity index (χ0) is 15.6. The molecule has 8 nitrogen and oxygen atoms in total. The van der Waals surface area contributed by atoms with Crippen molar-refractivity contribution in [2.45, 2.75) is 18.2 Å². The molecule has 0 spiro atoms. The molecule has 0 bridgehead atoms. The number of sulfonamides is 1. The second kappa shape index (κ2) is 5.92. The highest BCUT2D eigenvalue weighted by Crippen LogP contribution is 2.26. The number of aromatic nitrogens is 3. The topological polar surface area (TPSA) is 114 Å². The van der Waals surface area contributed by atoms with E-state index in [4.69, 9.17) is 5.11 Å². The van der Waals surface area contributed by atoms with Crippen molar-refractivity contribution in [1.29, 1.82) is 0 Å². The number of carboxylic acid groups (broad SMARTS) is 1. The largest absolute Gasteiger partial charge is 0.477 e. The Morgan fingerprint density at radius 2 is 2.24 bits per heavy atom. The number of nitrogens with zero attached hydrogens (tertiary/aromatic N) is 3. The molecule has 0 saturated heterocycles. The van der Waals surface area contributed by atoms with Gasteiger partial charge in [0.15, 0.2) is 5.82 Å². The van der Waals surface area contributed by atoms with Crippen LogP contribution < -0.4 is 4.72 Å². The lowest BCUT2D eigenvalue weighted by molar-refractivity contribution is 0.0698. The highest BCUT2D eigenvalue weighted by Gasteiger charge is 2.26. The second-order valence-electron chi connectivity index (χ2n) is 4.36. The smallest absolute Gasteiger partial charge is 0.347 e. The minimum absolute atomic E-state index is 0.0979. The van der Waals surface area contributed by atoms with Crippen molar-refractivity contribution >= 4 is 27.3 Å². The van der Waals surface area contributed by atoms with Crippen LogP contribution in [0.15, 0.2) is 16.6 Å². The van der Waals surface area contributed by atoms with Gasteiger partial charge in [-0.2, -0.15) is 5.10 Å². The number of carboxylic acids is 1. The molecular formula is C11H14N4O4S2. The van der Waals surface area contributed by atoms with Crippen molar-refractivity contribution in [3.8, 4) is 0 Å². The number of hydrogen-bond acceptors (Lipinski definition) is 6. The van der Waals surface area contributed by atoms with Crippen LogP contribution in [0.3, 0.4) is 0 Å². The van der Waals surface area contributed by atoms with Gasteiger partial charge in [-0.25, -0.2) is 22.9 Å². The molecule has 0 atom stereocenters. The maximum Gasteiger partial charge on any atom is 0.347 e. The van der Waals surface area contributed by atoms with E-state index >= 15 is 0 Å². The van der Waals surface area contributed by atoms with E-state index in [1.54, 1.807) is 14.0 Å². The van der Waals surface area contributed by atoms with E-state index in [0.29, 0.717) is 17.8 Å². The van der Waals surface area contributed by atoms with Crippen molar-refractivity contribution in [2.24, 2.45) is 7.05 Å². The average molecular weight is 330 g/mol. The van der Waals surface area contributed by atoms with Crippen LogP contribution in [0.5, 0.6) is 0 Å². The number of rotatable bonds is 6. The third-order valence-electron chi connectivity index (χ3n) is 2.67. The summed E-state index contributed by atoms with van der Waals surface area (Å²) in [6.07, 6.45) is 1.85. The van der Waals surface area contributed by atoms with Crippen LogP contribution >= 0.6 is 11.3 Å². The van der Waals surface area contributed by atoms with Crippen LogP contribution in [-0.4, -0.2) is 40.8 Å². The van der Waals surface area contributed by atoms with Gasteiger partial charge in [-0.15, -0.1) is 11.3 Å². The molecule has 21 heavy (non-hydrogen) atoms. The first-order valence-electron chi connectivity index (χ1n) is 5.97. The summed E-state index contributed by atoms with van der Waals surface area (Å²) in [5, 5.41) is 14.6. The van der Waals surface area contributed by atoms with E-state index < -0.39 is 16.0 Å². The summed E-state index contributed by atoms with van der Waals surface area (Å²) in [5.41, 5.74) is 0.417. The molecule has 10 heteroatoms. The fourth-order valence-electron chi connectivity index (χ4n) is 1.78. The van der Waals surface area contributed by atoms with E-state index in [0.717, 1.165) is 11.3 Å². The van der Waals surface area contributed by atoms with Gasteiger partial charge in [-0.1, -0.05) is 0 Å². The van der Waals surface area contributed by atoms with Crippen molar-refractivity contribution in [1.82, 2.24) is 19.5 Å². The van der Waals surface area contributed by atoms with Gasteiger partial charge < -0.3 is 5.11 Å². The Labute approximate surface area is 125 Å². The zero-order valence-corrected chi connectivity index (χ0v) is 13.0. The second-order valence-corrected chi connectivity index (χ2v) is 6.95. The molecule has 2 aromatic heterocycles. The molecule has 0 fully saturated rings. The number of hydrogen-bond donors (Lipinski definition) is 2. The number of nitrogens with one attached hydrogen (secondary N) is 1. The molecule has 0 unspecified atom stereocenters. The fourth-order valence-corrected chi connectivity index (χ4v) is 4.44. The van der Waals surface area contributed by atoms with Crippen molar-refractivity contribution in [2.75, 3.05) is 6.54 Å². The lowest BCUT2D eigenvalue weighted by Crippen LogP contribution is -2.27. The number of thiophene rings is 1. The highest BCUT2D eigenvalue weighted by molar-refractivity contribution is 7.89. The molecule has 0 radical (unpaired) electrons. The Kier molecular flexibility index (Phi) is 4.40. The molecular weight excluding hydrogens is 316 g/mol. The summed E-state index contributed by atoms with van der Waals surface area (Å²) < 4.78 is 28.3. The quantitative estimate of drug-likeness (QED) is 0.792. The maximum atomic E-state index is 12.2. The van der Waals surface area contributed by atoms with Gasteiger partial charge in [0.25, 0.3) is 0 Å². The molecule has 0 saturated carbocycles. The predicted molar refractivity (Wildman–Crippen MR) is 75.9 cm³/mol. The first-order chi connectivity index (χ1) is 9.81. The molecule has 2 rings (SSSR count). The molecule has 0 aromatic carbocycles. The lowest BCUT2D eigenvalue weighted by Gasteiger charge is -2.06. The molecule has 0 aliphatic carbocycles. The van der Waals surface area contributed by atoms with Gasteiger partial charge in [-0.05, 0) is 17.9 Å². The Bertz CT molecular complexity index is 763. The van der Waals surface area contributed by atoms with Crippen molar-refractivity contribution in [3.05, 3.63) is 28.0 Å². The van der Waals surface area contributed by atoms with Crippen LogP contribution in [0.25, 0.3) is 0 Å². The van der Waals surface area contributed by atoms with E-state index in [1.165, 1.54) is 16.4 Å². The number of carbonyl (C=O) groups is 1. The van der Waals surface area contributed by atoms with Gasteiger partial charge in [0.1, 0.15) is 16.1 Å². The summed E-state index contributed by atoms with van der Waals surface area (Å²) in [7, 11) is -2.15. The van der Waals surface area contributed by atoms with E-state index in [9.17, 15) is 13.2 Å². The van der Waals surface area contributed by atoms with Gasteiger partial charge >= 0.3 is 5.97 Å².